The summed E-state index contributed by atoms with van der Waals surface area (Å²) in [5.74, 6) is -0.551. The van der Waals surface area contributed by atoms with E-state index in [-0.39, 0.29) is 6.54 Å². The zero-order chi connectivity index (χ0) is 10.3. The van der Waals surface area contributed by atoms with Crippen molar-refractivity contribution in [1.29, 1.82) is 0 Å². The van der Waals surface area contributed by atoms with Gasteiger partial charge in [-0.2, -0.15) is 8.78 Å². The lowest BCUT2D eigenvalue weighted by Gasteiger charge is -2.10. The SMILES string of the molecule is CC#CCCNCC(F)(F)C(=O)O. The van der Waals surface area contributed by atoms with Gasteiger partial charge in [0, 0.05) is 13.0 Å². The van der Waals surface area contributed by atoms with Gasteiger partial charge in [0.1, 0.15) is 0 Å². The molecule has 0 unspecified atom stereocenters. The van der Waals surface area contributed by atoms with Gasteiger partial charge in [0.25, 0.3) is 0 Å². The van der Waals surface area contributed by atoms with Crippen molar-refractivity contribution in [2.75, 3.05) is 13.1 Å². The van der Waals surface area contributed by atoms with E-state index in [2.05, 4.69) is 17.2 Å². The van der Waals surface area contributed by atoms with E-state index in [9.17, 15) is 13.6 Å². The van der Waals surface area contributed by atoms with Gasteiger partial charge < -0.3 is 10.4 Å². The number of alkyl halides is 2. The van der Waals surface area contributed by atoms with Crippen molar-refractivity contribution in [2.24, 2.45) is 0 Å². The summed E-state index contributed by atoms with van der Waals surface area (Å²) in [6, 6.07) is 0. The van der Waals surface area contributed by atoms with Gasteiger partial charge in [0.15, 0.2) is 0 Å². The Morgan fingerprint density at radius 1 is 1.62 bits per heavy atom. The summed E-state index contributed by atoms with van der Waals surface area (Å²) < 4.78 is 24.7. The maximum absolute atomic E-state index is 12.4. The third kappa shape index (κ3) is 5.15. The lowest BCUT2D eigenvalue weighted by Crippen LogP contribution is -2.40. The van der Waals surface area contributed by atoms with Crippen LogP contribution in [-0.2, 0) is 4.79 Å². The van der Waals surface area contributed by atoms with Crippen LogP contribution in [-0.4, -0.2) is 30.1 Å². The molecule has 0 atom stereocenters. The highest BCUT2D eigenvalue weighted by Crippen LogP contribution is 2.11. The lowest BCUT2D eigenvalue weighted by molar-refractivity contribution is -0.163. The minimum atomic E-state index is -3.69. The Kier molecular flexibility index (Phi) is 5.00. The molecule has 0 aliphatic carbocycles. The molecule has 0 aromatic rings. The van der Waals surface area contributed by atoms with E-state index in [1.807, 2.05) is 0 Å². The van der Waals surface area contributed by atoms with E-state index in [4.69, 9.17) is 5.11 Å². The van der Waals surface area contributed by atoms with Crippen molar-refractivity contribution in [2.45, 2.75) is 19.3 Å². The Bertz CT molecular complexity index is 230. The van der Waals surface area contributed by atoms with Crippen molar-refractivity contribution < 1.29 is 18.7 Å². The summed E-state index contributed by atoms with van der Waals surface area (Å²) in [6.45, 7) is 1.06. The predicted octanol–water partition coefficient (Wildman–Crippen LogP) is 0.709. The predicted molar refractivity (Wildman–Crippen MR) is 43.5 cm³/mol. The topological polar surface area (TPSA) is 49.3 Å². The molecule has 74 valence electrons. The molecule has 2 N–H and O–H groups in total. The van der Waals surface area contributed by atoms with E-state index >= 15 is 0 Å². The first-order valence-electron chi connectivity index (χ1n) is 3.72. The van der Waals surface area contributed by atoms with Crippen LogP contribution in [0.2, 0.25) is 0 Å². The average molecular weight is 191 g/mol. The second-order valence-corrected chi connectivity index (χ2v) is 2.36. The van der Waals surface area contributed by atoms with Crippen LogP contribution < -0.4 is 5.32 Å². The Labute approximate surface area is 75.1 Å². The Hall–Kier alpha value is -1.15. The van der Waals surface area contributed by atoms with Crippen molar-refractivity contribution in [1.82, 2.24) is 5.32 Å². The molecule has 0 aliphatic rings. The van der Waals surface area contributed by atoms with Crippen LogP contribution in [0, 0.1) is 11.8 Å². The zero-order valence-corrected chi connectivity index (χ0v) is 7.23. The molecule has 0 fully saturated rings. The molecule has 0 saturated heterocycles. The van der Waals surface area contributed by atoms with E-state index in [1.54, 1.807) is 6.92 Å². The third-order valence-electron chi connectivity index (χ3n) is 1.26. The normalized spacial score (nSPS) is 10.4. The number of aliphatic carboxylic acids is 1. The number of carboxylic acid groups (broad SMARTS) is 1. The second kappa shape index (κ2) is 5.49. The highest BCUT2D eigenvalue weighted by atomic mass is 19.3. The summed E-state index contributed by atoms with van der Waals surface area (Å²) in [7, 11) is 0. The standard InChI is InChI=1S/C8H11F2NO2/c1-2-3-4-5-11-6-8(9,10)7(12)13/h11H,4-6H2,1H3,(H,12,13). The molecule has 0 aromatic heterocycles. The van der Waals surface area contributed by atoms with Gasteiger partial charge in [-0.05, 0) is 6.92 Å². The molecular formula is C8H11F2NO2. The number of carboxylic acids is 1. The molecule has 0 spiro atoms. The Morgan fingerprint density at radius 3 is 2.69 bits per heavy atom. The van der Waals surface area contributed by atoms with Gasteiger partial charge in [0.2, 0.25) is 0 Å². The monoisotopic (exact) mass is 191 g/mol. The summed E-state index contributed by atoms with van der Waals surface area (Å²) in [5.41, 5.74) is 0. The highest BCUT2D eigenvalue weighted by Gasteiger charge is 2.37. The molecule has 0 amide bonds. The minimum Gasteiger partial charge on any atom is -0.477 e. The van der Waals surface area contributed by atoms with Gasteiger partial charge in [-0.15, -0.1) is 11.8 Å². The molecule has 0 aliphatic heterocycles. The van der Waals surface area contributed by atoms with Crippen molar-refractivity contribution in [3.63, 3.8) is 0 Å². The van der Waals surface area contributed by atoms with Crippen LogP contribution in [0.3, 0.4) is 0 Å². The fraction of sp³-hybridized carbons (Fsp3) is 0.625. The maximum Gasteiger partial charge on any atom is 0.375 e. The molecule has 3 nitrogen and oxygen atoms in total. The highest BCUT2D eigenvalue weighted by molar-refractivity contribution is 5.75. The van der Waals surface area contributed by atoms with Gasteiger partial charge in [-0.3, -0.25) is 0 Å². The number of halogens is 2. The van der Waals surface area contributed by atoms with Crippen molar-refractivity contribution in [3.8, 4) is 11.8 Å². The molecule has 0 heterocycles. The van der Waals surface area contributed by atoms with Crippen molar-refractivity contribution in [3.05, 3.63) is 0 Å². The largest absolute Gasteiger partial charge is 0.477 e. The average Bonchev–Trinajstić information content (AvgIpc) is 2.03. The zero-order valence-electron chi connectivity index (χ0n) is 7.23. The first-order valence-corrected chi connectivity index (χ1v) is 3.72. The van der Waals surface area contributed by atoms with E-state index in [0.29, 0.717) is 6.42 Å². The lowest BCUT2D eigenvalue weighted by atomic mass is 10.3. The molecule has 0 bridgehead atoms. The molecular weight excluding hydrogens is 180 g/mol. The van der Waals surface area contributed by atoms with Crippen LogP contribution in [0.25, 0.3) is 0 Å². The van der Waals surface area contributed by atoms with Crippen molar-refractivity contribution >= 4 is 5.97 Å². The Balaban J connectivity index is 3.62. The van der Waals surface area contributed by atoms with Gasteiger partial charge in [0.05, 0.1) is 6.54 Å². The second-order valence-electron chi connectivity index (χ2n) is 2.36. The first-order chi connectivity index (χ1) is 6.00. The fourth-order valence-corrected chi connectivity index (χ4v) is 0.597. The van der Waals surface area contributed by atoms with Crippen LogP contribution in [0.1, 0.15) is 13.3 Å². The first kappa shape index (κ1) is 11.8. The molecule has 0 saturated carbocycles. The minimum absolute atomic E-state index is 0.268. The van der Waals surface area contributed by atoms with Gasteiger partial charge >= 0.3 is 11.9 Å². The molecule has 13 heavy (non-hydrogen) atoms. The Morgan fingerprint density at radius 2 is 2.23 bits per heavy atom. The summed E-state index contributed by atoms with van der Waals surface area (Å²) in [5, 5.41) is 10.3. The maximum atomic E-state index is 12.4. The molecule has 5 heteroatoms. The van der Waals surface area contributed by atoms with Crippen LogP contribution >= 0.6 is 0 Å². The molecule has 0 aromatic carbocycles. The smallest absolute Gasteiger partial charge is 0.375 e. The van der Waals surface area contributed by atoms with E-state index in [0.717, 1.165) is 0 Å². The number of hydrogen-bond donors (Lipinski definition) is 2. The van der Waals surface area contributed by atoms with Crippen LogP contribution in [0.5, 0.6) is 0 Å². The summed E-state index contributed by atoms with van der Waals surface area (Å²) >= 11 is 0. The number of nitrogens with one attached hydrogen (secondary N) is 1. The molecule has 0 rings (SSSR count). The number of rotatable bonds is 5. The van der Waals surface area contributed by atoms with Gasteiger partial charge in [-0.25, -0.2) is 4.79 Å². The summed E-state index contributed by atoms with van der Waals surface area (Å²) in [6.07, 6.45) is 0.437. The van der Waals surface area contributed by atoms with Crippen LogP contribution in [0.15, 0.2) is 0 Å². The van der Waals surface area contributed by atoms with Crippen LogP contribution in [0.4, 0.5) is 8.78 Å². The molecule has 0 radical (unpaired) electrons. The summed E-state index contributed by atoms with van der Waals surface area (Å²) in [4.78, 5) is 9.92. The number of hydrogen-bond acceptors (Lipinski definition) is 2. The van der Waals surface area contributed by atoms with E-state index < -0.39 is 18.4 Å². The quantitative estimate of drug-likeness (QED) is 0.497. The number of carbonyl (C=O) groups is 1. The third-order valence-corrected chi connectivity index (χ3v) is 1.26. The fourth-order valence-electron chi connectivity index (χ4n) is 0.597. The van der Waals surface area contributed by atoms with Gasteiger partial charge in [-0.1, -0.05) is 0 Å². The van der Waals surface area contributed by atoms with E-state index in [1.165, 1.54) is 0 Å².